The summed E-state index contributed by atoms with van der Waals surface area (Å²) in [6.45, 7) is 2.49. The Balaban J connectivity index is 1.98. The van der Waals surface area contributed by atoms with Crippen molar-refractivity contribution < 1.29 is 15.0 Å². The van der Waals surface area contributed by atoms with Gasteiger partial charge >= 0.3 is 5.97 Å². The Morgan fingerprint density at radius 3 is 2.68 bits per heavy atom. The van der Waals surface area contributed by atoms with Crippen LogP contribution in [-0.4, -0.2) is 26.0 Å². The van der Waals surface area contributed by atoms with E-state index >= 15 is 0 Å². The lowest BCUT2D eigenvalue weighted by atomic mass is 10.0. The minimum atomic E-state index is -0.952. The molecule has 0 fully saturated rings. The van der Waals surface area contributed by atoms with Crippen molar-refractivity contribution in [3.8, 4) is 5.75 Å². The largest absolute Gasteiger partial charge is 0.508 e. The van der Waals surface area contributed by atoms with Crippen molar-refractivity contribution in [2.75, 3.05) is 0 Å². The molecule has 2 heterocycles. The predicted molar refractivity (Wildman–Crippen MR) is 100 cm³/mol. The zero-order chi connectivity index (χ0) is 17.7. The molecule has 1 aliphatic heterocycles. The molecule has 1 aromatic heterocycles. The Labute approximate surface area is 154 Å². The van der Waals surface area contributed by atoms with E-state index in [0.29, 0.717) is 11.6 Å². The van der Waals surface area contributed by atoms with E-state index in [1.165, 1.54) is 0 Å². The van der Waals surface area contributed by atoms with Crippen LogP contribution in [0.1, 0.15) is 28.5 Å². The molecule has 3 aromatic rings. The zero-order valence-electron chi connectivity index (χ0n) is 13.5. The van der Waals surface area contributed by atoms with Crippen LogP contribution in [0.5, 0.6) is 5.75 Å². The third-order valence-electron chi connectivity index (χ3n) is 4.54. The van der Waals surface area contributed by atoms with E-state index in [1.54, 1.807) is 36.0 Å². The third-order valence-corrected chi connectivity index (χ3v) is 5.99. The van der Waals surface area contributed by atoms with Crippen LogP contribution in [0.4, 0.5) is 0 Å². The highest BCUT2D eigenvalue weighted by molar-refractivity contribution is 8.00. The summed E-state index contributed by atoms with van der Waals surface area (Å²) >= 11 is 7.52. The minimum absolute atomic E-state index is 0.216. The fourth-order valence-corrected chi connectivity index (χ4v) is 4.90. The molecule has 0 saturated carbocycles. The summed E-state index contributed by atoms with van der Waals surface area (Å²) in [4.78, 5) is 12.8. The number of hydrogen-bond acceptors (Lipinski definition) is 3. The number of carbonyl (C=O) groups is 1. The molecule has 128 valence electrons. The molecule has 6 heteroatoms. The van der Waals surface area contributed by atoms with Gasteiger partial charge < -0.3 is 14.8 Å². The average Bonchev–Trinajstić information content (AvgIpc) is 2.87. The maximum absolute atomic E-state index is 12.0. The van der Waals surface area contributed by atoms with Crippen LogP contribution in [0.25, 0.3) is 10.9 Å². The van der Waals surface area contributed by atoms with Crippen molar-refractivity contribution in [3.05, 3.63) is 58.2 Å². The van der Waals surface area contributed by atoms with E-state index < -0.39 is 5.97 Å². The number of hydrogen-bond donors (Lipinski definition) is 2. The first-order valence-corrected chi connectivity index (χ1v) is 9.23. The Morgan fingerprint density at radius 1 is 1.28 bits per heavy atom. The molecule has 0 saturated heterocycles. The number of nitrogens with zero attached hydrogens (tertiary/aromatic N) is 1. The van der Waals surface area contributed by atoms with Gasteiger partial charge in [-0.3, -0.25) is 0 Å². The number of rotatable bonds is 3. The highest BCUT2D eigenvalue weighted by Gasteiger charge is 2.30. The van der Waals surface area contributed by atoms with Gasteiger partial charge in [-0.2, -0.15) is 0 Å². The SMILES string of the molecule is CC1Cc2c(O)ccc3c2c(c(C(=O)O)n3Cc2ccc(Cl)cc2)S1. The Bertz CT molecular complexity index is 994. The quantitative estimate of drug-likeness (QED) is 0.693. The molecule has 0 radical (unpaired) electrons. The van der Waals surface area contributed by atoms with Crippen LogP contribution in [0, 0.1) is 0 Å². The normalized spacial score (nSPS) is 16.3. The van der Waals surface area contributed by atoms with Gasteiger partial charge in [0.25, 0.3) is 0 Å². The number of carboxylic acids is 1. The smallest absolute Gasteiger partial charge is 0.353 e. The lowest BCUT2D eigenvalue weighted by molar-refractivity contribution is 0.0682. The van der Waals surface area contributed by atoms with Crippen LogP contribution < -0.4 is 0 Å². The summed E-state index contributed by atoms with van der Waals surface area (Å²) < 4.78 is 1.82. The van der Waals surface area contributed by atoms with Gasteiger partial charge in [0.2, 0.25) is 0 Å². The lowest BCUT2D eigenvalue weighted by Gasteiger charge is -2.19. The molecule has 0 amide bonds. The highest BCUT2D eigenvalue weighted by Crippen LogP contribution is 2.46. The molecule has 1 aliphatic rings. The summed E-state index contributed by atoms with van der Waals surface area (Å²) in [6, 6.07) is 10.9. The Hall–Kier alpha value is -2.11. The Morgan fingerprint density at radius 2 is 2.00 bits per heavy atom. The van der Waals surface area contributed by atoms with Gasteiger partial charge in [0.05, 0.1) is 5.52 Å². The standard InChI is InChI=1S/C19H16ClNO3S/c1-10-8-13-15(22)7-6-14-16(13)18(25-10)17(19(23)24)21(14)9-11-2-4-12(20)5-3-11/h2-7,10,22H,8-9H2,1H3,(H,23,24). The summed E-state index contributed by atoms with van der Waals surface area (Å²) in [6.07, 6.45) is 0.727. The third kappa shape index (κ3) is 2.68. The van der Waals surface area contributed by atoms with Gasteiger partial charge in [0.15, 0.2) is 0 Å². The average molecular weight is 374 g/mol. The van der Waals surface area contributed by atoms with E-state index in [9.17, 15) is 15.0 Å². The van der Waals surface area contributed by atoms with Crippen LogP contribution in [0.3, 0.4) is 0 Å². The van der Waals surface area contributed by atoms with Crippen molar-refractivity contribution in [1.82, 2.24) is 4.57 Å². The number of phenols is 1. The molecule has 2 N–H and O–H groups in total. The topological polar surface area (TPSA) is 62.5 Å². The van der Waals surface area contributed by atoms with Gasteiger partial charge in [0, 0.05) is 32.7 Å². The van der Waals surface area contributed by atoms with Crippen molar-refractivity contribution in [3.63, 3.8) is 0 Å². The number of benzene rings is 2. The number of carboxylic acid groups (broad SMARTS) is 1. The summed E-state index contributed by atoms with van der Waals surface area (Å²) in [5.41, 5.74) is 2.95. The van der Waals surface area contributed by atoms with Crippen molar-refractivity contribution in [2.24, 2.45) is 0 Å². The Kier molecular flexibility index (Phi) is 3.93. The monoisotopic (exact) mass is 373 g/mol. The molecular formula is C19H16ClNO3S. The van der Waals surface area contributed by atoms with Crippen molar-refractivity contribution in [1.29, 1.82) is 0 Å². The minimum Gasteiger partial charge on any atom is -0.508 e. The van der Waals surface area contributed by atoms with Gasteiger partial charge in [0.1, 0.15) is 11.4 Å². The summed E-state index contributed by atoms with van der Waals surface area (Å²) in [5.74, 6) is -0.714. The van der Waals surface area contributed by atoms with Crippen molar-refractivity contribution >= 4 is 40.2 Å². The van der Waals surface area contributed by atoms with Crippen molar-refractivity contribution in [2.45, 2.75) is 30.0 Å². The maximum Gasteiger partial charge on any atom is 0.353 e. The molecule has 0 spiro atoms. The first-order chi connectivity index (χ1) is 12.0. The molecule has 4 nitrogen and oxygen atoms in total. The summed E-state index contributed by atoms with van der Waals surface area (Å²) in [5, 5.41) is 21.9. The second-order valence-electron chi connectivity index (χ2n) is 6.29. The fourth-order valence-electron chi connectivity index (χ4n) is 3.47. The van der Waals surface area contributed by atoms with E-state index in [1.807, 2.05) is 23.6 Å². The molecule has 1 atom stereocenters. The van der Waals surface area contributed by atoms with Crippen LogP contribution >= 0.6 is 23.4 Å². The van der Waals surface area contributed by atoms with E-state index in [4.69, 9.17) is 11.6 Å². The van der Waals surface area contributed by atoms with Gasteiger partial charge in [-0.1, -0.05) is 30.7 Å². The van der Waals surface area contributed by atoms with Gasteiger partial charge in [-0.25, -0.2) is 4.79 Å². The first kappa shape index (κ1) is 16.4. The molecule has 0 aliphatic carbocycles. The lowest BCUT2D eigenvalue weighted by Crippen LogP contribution is -2.11. The van der Waals surface area contributed by atoms with Crippen LogP contribution in [-0.2, 0) is 13.0 Å². The number of aromatic carboxylic acids is 1. The molecular weight excluding hydrogens is 358 g/mol. The van der Waals surface area contributed by atoms with Crippen LogP contribution in [0.2, 0.25) is 5.02 Å². The fraction of sp³-hybridized carbons (Fsp3) is 0.211. The first-order valence-electron chi connectivity index (χ1n) is 7.97. The van der Waals surface area contributed by atoms with Gasteiger partial charge in [-0.05, 0) is 36.2 Å². The number of thioether (sulfide) groups is 1. The highest BCUT2D eigenvalue weighted by atomic mass is 35.5. The van der Waals surface area contributed by atoms with E-state index in [2.05, 4.69) is 0 Å². The second-order valence-corrected chi connectivity index (χ2v) is 8.17. The number of halogens is 1. The van der Waals surface area contributed by atoms with E-state index in [0.717, 1.165) is 33.3 Å². The summed E-state index contributed by atoms with van der Waals surface area (Å²) in [7, 11) is 0. The van der Waals surface area contributed by atoms with E-state index in [-0.39, 0.29) is 16.7 Å². The molecule has 25 heavy (non-hydrogen) atoms. The predicted octanol–water partition coefficient (Wildman–Crippen LogP) is 4.78. The number of aromatic nitrogens is 1. The number of aromatic hydroxyl groups is 1. The zero-order valence-corrected chi connectivity index (χ0v) is 15.1. The second kappa shape index (κ2) is 6.00. The molecule has 2 aromatic carbocycles. The molecule has 1 unspecified atom stereocenters. The maximum atomic E-state index is 12.0. The van der Waals surface area contributed by atoms with Crippen LogP contribution in [0.15, 0.2) is 41.3 Å². The molecule has 0 bridgehead atoms. The number of phenolic OH excluding ortho intramolecular Hbond substituents is 1. The molecule has 4 rings (SSSR count). The van der Waals surface area contributed by atoms with Gasteiger partial charge in [-0.15, -0.1) is 11.8 Å².